The summed E-state index contributed by atoms with van der Waals surface area (Å²) in [5.74, 6) is 1.50. The first-order chi connectivity index (χ1) is 11.6. The van der Waals surface area contributed by atoms with Crippen LogP contribution in [0.1, 0.15) is 36.5 Å². The Kier molecular flexibility index (Phi) is 3.96. The lowest BCUT2D eigenvalue weighted by molar-refractivity contribution is -0.115. The van der Waals surface area contributed by atoms with Crippen molar-refractivity contribution in [2.24, 2.45) is 11.7 Å². The summed E-state index contributed by atoms with van der Waals surface area (Å²) in [7, 11) is 0. The smallest absolute Gasteiger partial charge is 0.227 e. The van der Waals surface area contributed by atoms with E-state index < -0.39 is 0 Å². The predicted molar refractivity (Wildman–Crippen MR) is 96.7 cm³/mol. The molecule has 0 saturated carbocycles. The van der Waals surface area contributed by atoms with Crippen molar-refractivity contribution >= 4 is 44.9 Å². The van der Waals surface area contributed by atoms with Gasteiger partial charge in [-0.15, -0.1) is 21.5 Å². The van der Waals surface area contributed by atoms with E-state index in [1.54, 1.807) is 11.3 Å². The summed E-state index contributed by atoms with van der Waals surface area (Å²) in [5.41, 5.74) is 7.54. The third-order valence-corrected chi connectivity index (χ3v) is 6.60. The number of aryl methyl sites for hydroxylation is 2. The summed E-state index contributed by atoms with van der Waals surface area (Å²) in [6, 6.07) is 0. The maximum Gasteiger partial charge on any atom is 0.227 e. The molecule has 4 rings (SSSR count). The van der Waals surface area contributed by atoms with Gasteiger partial charge in [-0.3, -0.25) is 9.20 Å². The largest absolute Gasteiger partial charge is 0.369 e. The summed E-state index contributed by atoms with van der Waals surface area (Å²) in [5, 5.41) is 10.6. The number of thioether (sulfide) groups is 1. The summed E-state index contributed by atoms with van der Waals surface area (Å²) >= 11 is 3.12. The van der Waals surface area contributed by atoms with E-state index in [4.69, 9.17) is 10.7 Å². The van der Waals surface area contributed by atoms with Crippen LogP contribution in [-0.2, 0) is 24.1 Å². The molecule has 3 aromatic heterocycles. The first-order valence-corrected chi connectivity index (χ1v) is 9.98. The predicted octanol–water partition coefficient (Wildman–Crippen LogP) is 2.60. The zero-order chi connectivity index (χ0) is 16.8. The minimum atomic E-state index is -0.356. The SMILES string of the molecule is CCc1nc2sc3c(c2c2nnc(SCC(N)=O)n12)CCC(C)C3. The normalized spacial score (nSPS) is 17.5. The zero-order valence-corrected chi connectivity index (χ0v) is 15.3. The number of carbonyl (C=O) groups excluding carboxylic acids is 1. The number of fused-ring (bicyclic) bond motifs is 5. The molecule has 3 aromatic rings. The quantitative estimate of drug-likeness (QED) is 0.722. The van der Waals surface area contributed by atoms with Crippen LogP contribution in [0.15, 0.2) is 5.16 Å². The monoisotopic (exact) mass is 361 g/mol. The van der Waals surface area contributed by atoms with E-state index in [1.165, 1.54) is 28.6 Å². The summed E-state index contributed by atoms with van der Waals surface area (Å²) < 4.78 is 2.00. The molecule has 0 fully saturated rings. The van der Waals surface area contributed by atoms with Crippen LogP contribution < -0.4 is 5.73 Å². The molecule has 1 aliphatic carbocycles. The Bertz CT molecular complexity index is 945. The van der Waals surface area contributed by atoms with Gasteiger partial charge in [-0.25, -0.2) is 4.98 Å². The lowest BCUT2D eigenvalue weighted by Gasteiger charge is -2.17. The fourth-order valence-corrected chi connectivity index (χ4v) is 5.43. The number of rotatable bonds is 4. The van der Waals surface area contributed by atoms with Crippen molar-refractivity contribution in [3.05, 3.63) is 16.3 Å². The van der Waals surface area contributed by atoms with Gasteiger partial charge in [0.25, 0.3) is 0 Å². The standard InChI is InChI=1S/C16H19N5OS2/c1-3-12-18-15-13(9-5-4-8(2)6-10(9)24-15)14-19-20-16(21(12)14)23-7-11(17)22/h8H,3-7H2,1-2H3,(H2,17,22). The van der Waals surface area contributed by atoms with E-state index >= 15 is 0 Å². The van der Waals surface area contributed by atoms with E-state index in [9.17, 15) is 4.79 Å². The highest BCUT2D eigenvalue weighted by molar-refractivity contribution is 7.99. The molecule has 3 heterocycles. The second kappa shape index (κ2) is 6.00. The van der Waals surface area contributed by atoms with Crippen LogP contribution in [0.4, 0.5) is 0 Å². The van der Waals surface area contributed by atoms with Crippen molar-refractivity contribution < 1.29 is 4.79 Å². The minimum Gasteiger partial charge on any atom is -0.369 e. The van der Waals surface area contributed by atoms with Crippen LogP contribution in [-0.4, -0.2) is 31.2 Å². The van der Waals surface area contributed by atoms with Crippen LogP contribution in [0.3, 0.4) is 0 Å². The van der Waals surface area contributed by atoms with Crippen molar-refractivity contribution in [3.8, 4) is 0 Å². The molecule has 1 aliphatic rings. The molecular weight excluding hydrogens is 342 g/mol. The van der Waals surface area contributed by atoms with Gasteiger partial charge < -0.3 is 5.73 Å². The van der Waals surface area contributed by atoms with Crippen molar-refractivity contribution in [1.82, 2.24) is 19.6 Å². The van der Waals surface area contributed by atoms with Gasteiger partial charge in [-0.05, 0) is 30.7 Å². The number of aromatic nitrogens is 4. The van der Waals surface area contributed by atoms with E-state index in [0.29, 0.717) is 5.16 Å². The molecule has 1 unspecified atom stereocenters. The van der Waals surface area contributed by atoms with E-state index in [1.807, 2.05) is 4.40 Å². The lowest BCUT2D eigenvalue weighted by Crippen LogP contribution is -2.13. The number of hydrogen-bond acceptors (Lipinski definition) is 6. The molecule has 24 heavy (non-hydrogen) atoms. The summed E-state index contributed by atoms with van der Waals surface area (Å²) in [6.07, 6.45) is 4.20. The average Bonchev–Trinajstić information content (AvgIpc) is 3.11. The van der Waals surface area contributed by atoms with Gasteiger partial charge in [0.1, 0.15) is 10.7 Å². The number of thiophene rings is 1. The fraction of sp³-hybridized carbons (Fsp3) is 0.500. The molecule has 126 valence electrons. The highest BCUT2D eigenvalue weighted by atomic mass is 32.2. The second-order valence-electron chi connectivity index (χ2n) is 6.31. The Hall–Kier alpha value is -1.67. The molecule has 0 aromatic carbocycles. The van der Waals surface area contributed by atoms with E-state index in [-0.39, 0.29) is 11.7 Å². The van der Waals surface area contributed by atoms with Crippen molar-refractivity contribution in [1.29, 1.82) is 0 Å². The molecular formula is C16H19N5OS2. The molecule has 8 heteroatoms. The summed E-state index contributed by atoms with van der Waals surface area (Å²) in [4.78, 5) is 18.5. The topological polar surface area (TPSA) is 86.2 Å². The lowest BCUT2D eigenvalue weighted by atomic mass is 9.89. The van der Waals surface area contributed by atoms with Gasteiger partial charge in [-0.1, -0.05) is 25.6 Å². The number of primary amides is 1. The van der Waals surface area contributed by atoms with E-state index in [0.717, 1.165) is 46.9 Å². The highest BCUT2D eigenvalue weighted by Crippen LogP contribution is 2.39. The Balaban J connectivity index is 1.94. The Labute approximate surface area is 147 Å². The van der Waals surface area contributed by atoms with Crippen LogP contribution in [0.2, 0.25) is 0 Å². The van der Waals surface area contributed by atoms with Crippen LogP contribution in [0.25, 0.3) is 15.9 Å². The number of hydrogen-bond donors (Lipinski definition) is 1. The highest BCUT2D eigenvalue weighted by Gasteiger charge is 2.25. The maximum atomic E-state index is 11.1. The van der Waals surface area contributed by atoms with Crippen molar-refractivity contribution in [2.45, 2.75) is 44.7 Å². The van der Waals surface area contributed by atoms with Gasteiger partial charge in [0, 0.05) is 11.3 Å². The van der Waals surface area contributed by atoms with Crippen molar-refractivity contribution in [2.75, 3.05) is 5.75 Å². The first kappa shape index (κ1) is 15.8. The number of nitrogens with two attached hydrogens (primary N) is 1. The molecule has 0 saturated heterocycles. The summed E-state index contributed by atoms with van der Waals surface area (Å²) in [6.45, 7) is 4.38. The Morgan fingerprint density at radius 2 is 2.29 bits per heavy atom. The van der Waals surface area contributed by atoms with Gasteiger partial charge in [-0.2, -0.15) is 0 Å². The van der Waals surface area contributed by atoms with Gasteiger partial charge >= 0.3 is 0 Å². The molecule has 1 atom stereocenters. The molecule has 2 N–H and O–H groups in total. The Morgan fingerprint density at radius 3 is 3.04 bits per heavy atom. The van der Waals surface area contributed by atoms with Crippen LogP contribution >= 0.6 is 23.1 Å². The first-order valence-electron chi connectivity index (χ1n) is 8.17. The van der Waals surface area contributed by atoms with Crippen molar-refractivity contribution in [3.63, 3.8) is 0 Å². The maximum absolute atomic E-state index is 11.1. The molecule has 6 nitrogen and oxygen atoms in total. The molecule has 0 aliphatic heterocycles. The number of carbonyl (C=O) groups is 1. The van der Waals surface area contributed by atoms with Gasteiger partial charge in [0.15, 0.2) is 10.8 Å². The molecule has 0 spiro atoms. The third kappa shape index (κ3) is 2.48. The molecule has 0 bridgehead atoms. The average molecular weight is 361 g/mol. The van der Waals surface area contributed by atoms with Crippen LogP contribution in [0, 0.1) is 5.92 Å². The zero-order valence-electron chi connectivity index (χ0n) is 13.7. The van der Waals surface area contributed by atoms with Crippen LogP contribution in [0.5, 0.6) is 0 Å². The third-order valence-electron chi connectivity index (χ3n) is 4.50. The van der Waals surface area contributed by atoms with E-state index in [2.05, 4.69) is 24.0 Å². The van der Waals surface area contributed by atoms with Gasteiger partial charge in [0.2, 0.25) is 5.91 Å². The molecule has 1 amide bonds. The fourth-order valence-electron chi connectivity index (χ4n) is 3.34. The number of nitrogens with zero attached hydrogens (tertiary/aromatic N) is 4. The Morgan fingerprint density at radius 1 is 1.46 bits per heavy atom. The molecule has 0 radical (unpaired) electrons. The number of amides is 1. The minimum absolute atomic E-state index is 0.196. The second-order valence-corrected chi connectivity index (χ2v) is 8.34. The van der Waals surface area contributed by atoms with Gasteiger partial charge in [0.05, 0.1) is 11.1 Å².